The SMILES string of the molecule is CCCCOCCNS(=O)(=O)c1ccc(OC)c2oc(-c3csc(NC(=O)CCl)n3)cc12. The van der Waals surface area contributed by atoms with Crippen LogP contribution in [-0.4, -0.2) is 52.1 Å². The number of halogens is 1. The number of anilines is 1. The molecule has 3 rings (SSSR count). The van der Waals surface area contributed by atoms with Crippen LogP contribution < -0.4 is 14.8 Å². The molecular weight excluding hydrogens is 478 g/mol. The van der Waals surface area contributed by atoms with Gasteiger partial charge in [-0.3, -0.25) is 4.79 Å². The highest BCUT2D eigenvalue weighted by molar-refractivity contribution is 7.89. The third-order valence-electron chi connectivity index (χ3n) is 4.42. The Labute approximate surface area is 195 Å². The molecule has 0 atom stereocenters. The molecule has 0 fully saturated rings. The fourth-order valence-electron chi connectivity index (χ4n) is 2.87. The molecule has 0 spiro atoms. The van der Waals surface area contributed by atoms with Gasteiger partial charge >= 0.3 is 0 Å². The number of unbranched alkanes of at least 4 members (excludes halogenated alkanes) is 1. The van der Waals surface area contributed by atoms with Crippen molar-refractivity contribution in [1.82, 2.24) is 9.71 Å². The molecule has 2 aromatic heterocycles. The molecule has 32 heavy (non-hydrogen) atoms. The number of furan rings is 1. The molecule has 0 radical (unpaired) electrons. The quantitative estimate of drug-likeness (QED) is 0.286. The number of fused-ring (bicyclic) bond motifs is 1. The molecule has 0 aliphatic heterocycles. The normalized spacial score (nSPS) is 11.7. The lowest BCUT2D eigenvalue weighted by atomic mass is 10.2. The summed E-state index contributed by atoms with van der Waals surface area (Å²) in [6.07, 6.45) is 1.94. The molecule has 0 saturated carbocycles. The largest absolute Gasteiger partial charge is 0.493 e. The first-order valence-electron chi connectivity index (χ1n) is 9.89. The maximum absolute atomic E-state index is 12.9. The Morgan fingerprint density at radius 1 is 1.31 bits per heavy atom. The van der Waals surface area contributed by atoms with Crippen LogP contribution in [0.2, 0.25) is 0 Å². The molecule has 0 aliphatic carbocycles. The first kappa shape index (κ1) is 24.5. The first-order chi connectivity index (χ1) is 15.4. The number of alkyl halides is 1. The standard InChI is InChI=1S/C20H24ClN3O6S2/c1-3-4-8-29-9-7-22-32(26,27)17-6-5-15(28-2)19-13(17)10-16(30-19)14-12-31-20(23-14)24-18(25)11-21/h5-6,10,12,22H,3-4,7-9,11H2,1-2H3,(H,23,24,25). The van der Waals surface area contributed by atoms with Gasteiger partial charge in [0.1, 0.15) is 11.6 Å². The van der Waals surface area contributed by atoms with E-state index in [-0.39, 0.29) is 35.4 Å². The predicted molar refractivity (Wildman–Crippen MR) is 124 cm³/mol. The Morgan fingerprint density at radius 2 is 2.12 bits per heavy atom. The van der Waals surface area contributed by atoms with Crippen molar-refractivity contribution in [2.24, 2.45) is 0 Å². The van der Waals surface area contributed by atoms with Crippen molar-refractivity contribution in [1.29, 1.82) is 0 Å². The number of rotatable bonds is 12. The fourth-order valence-corrected chi connectivity index (χ4v) is 4.85. The number of ether oxygens (including phenoxy) is 2. The summed E-state index contributed by atoms with van der Waals surface area (Å²) < 4.78 is 45.0. The van der Waals surface area contributed by atoms with Crippen molar-refractivity contribution in [2.75, 3.05) is 38.1 Å². The second kappa shape index (κ2) is 11.1. The second-order valence-corrected chi connectivity index (χ2v) is 9.56. The van der Waals surface area contributed by atoms with Gasteiger partial charge in [-0.25, -0.2) is 18.1 Å². The highest BCUT2D eigenvalue weighted by atomic mass is 35.5. The molecule has 9 nitrogen and oxygen atoms in total. The summed E-state index contributed by atoms with van der Waals surface area (Å²) in [5.41, 5.74) is 0.725. The summed E-state index contributed by atoms with van der Waals surface area (Å²) in [5, 5.41) is 4.97. The zero-order valence-corrected chi connectivity index (χ0v) is 20.0. The minimum absolute atomic E-state index is 0.0581. The van der Waals surface area contributed by atoms with Gasteiger partial charge in [0.15, 0.2) is 22.2 Å². The zero-order chi connectivity index (χ0) is 23.1. The van der Waals surface area contributed by atoms with Gasteiger partial charge in [-0.05, 0) is 24.6 Å². The van der Waals surface area contributed by atoms with E-state index in [9.17, 15) is 13.2 Å². The van der Waals surface area contributed by atoms with Crippen molar-refractivity contribution >= 4 is 55.0 Å². The molecule has 0 saturated heterocycles. The van der Waals surface area contributed by atoms with Crippen molar-refractivity contribution in [3.05, 3.63) is 23.6 Å². The third kappa shape index (κ3) is 5.78. The van der Waals surface area contributed by atoms with E-state index >= 15 is 0 Å². The number of carbonyl (C=O) groups excluding carboxylic acids is 1. The summed E-state index contributed by atoms with van der Waals surface area (Å²) >= 11 is 6.70. The number of methoxy groups -OCH3 is 1. The van der Waals surface area contributed by atoms with E-state index in [2.05, 4.69) is 21.9 Å². The Balaban J connectivity index is 1.87. The van der Waals surface area contributed by atoms with E-state index in [1.807, 2.05) is 0 Å². The molecule has 0 unspecified atom stereocenters. The van der Waals surface area contributed by atoms with E-state index < -0.39 is 10.0 Å². The number of hydrogen-bond donors (Lipinski definition) is 2. The lowest BCUT2D eigenvalue weighted by Gasteiger charge is -2.09. The van der Waals surface area contributed by atoms with Crippen molar-refractivity contribution in [2.45, 2.75) is 24.7 Å². The van der Waals surface area contributed by atoms with Crippen LogP contribution in [0.1, 0.15) is 19.8 Å². The Morgan fingerprint density at radius 3 is 2.84 bits per heavy atom. The molecule has 2 heterocycles. The number of carbonyl (C=O) groups is 1. The van der Waals surface area contributed by atoms with Crippen LogP contribution in [0.15, 0.2) is 32.9 Å². The lowest BCUT2D eigenvalue weighted by molar-refractivity contribution is -0.113. The number of amides is 1. The van der Waals surface area contributed by atoms with Gasteiger partial charge in [-0.15, -0.1) is 22.9 Å². The molecule has 12 heteroatoms. The van der Waals surface area contributed by atoms with Gasteiger partial charge in [0.2, 0.25) is 15.9 Å². The van der Waals surface area contributed by atoms with Gasteiger partial charge in [-0.2, -0.15) is 0 Å². The van der Waals surface area contributed by atoms with Crippen LogP contribution in [0.5, 0.6) is 5.75 Å². The van der Waals surface area contributed by atoms with Crippen LogP contribution in [0.25, 0.3) is 22.4 Å². The smallest absolute Gasteiger partial charge is 0.241 e. The summed E-state index contributed by atoms with van der Waals surface area (Å²) in [4.78, 5) is 15.8. The van der Waals surface area contributed by atoms with Crippen LogP contribution in [-0.2, 0) is 19.6 Å². The Hall–Kier alpha value is -2.18. The summed E-state index contributed by atoms with van der Waals surface area (Å²) in [7, 11) is -2.35. The van der Waals surface area contributed by atoms with Gasteiger partial charge in [-0.1, -0.05) is 13.3 Å². The molecule has 3 aromatic rings. The van der Waals surface area contributed by atoms with E-state index in [0.717, 1.165) is 12.8 Å². The van der Waals surface area contributed by atoms with Crippen LogP contribution in [0.4, 0.5) is 5.13 Å². The van der Waals surface area contributed by atoms with Crippen LogP contribution in [0, 0.1) is 0 Å². The summed E-state index contributed by atoms with van der Waals surface area (Å²) in [6, 6.07) is 4.59. The number of sulfonamides is 1. The van der Waals surface area contributed by atoms with Gasteiger partial charge in [0.05, 0.1) is 18.6 Å². The number of benzene rings is 1. The highest BCUT2D eigenvalue weighted by Gasteiger charge is 2.23. The van der Waals surface area contributed by atoms with E-state index in [1.54, 1.807) is 11.4 Å². The molecule has 1 amide bonds. The zero-order valence-electron chi connectivity index (χ0n) is 17.6. The monoisotopic (exact) mass is 501 g/mol. The molecule has 174 valence electrons. The number of thiazole rings is 1. The predicted octanol–water partition coefficient (Wildman–Crippen LogP) is 3.84. The van der Waals surface area contributed by atoms with E-state index in [4.69, 9.17) is 25.5 Å². The fraction of sp³-hybridized carbons (Fsp3) is 0.400. The number of nitrogens with one attached hydrogen (secondary N) is 2. The minimum atomic E-state index is -3.82. The first-order valence-corrected chi connectivity index (χ1v) is 12.8. The average Bonchev–Trinajstić information content (AvgIpc) is 3.42. The molecule has 0 bridgehead atoms. The minimum Gasteiger partial charge on any atom is -0.493 e. The van der Waals surface area contributed by atoms with Crippen LogP contribution in [0.3, 0.4) is 0 Å². The lowest BCUT2D eigenvalue weighted by Crippen LogP contribution is -2.27. The molecule has 0 aliphatic rings. The van der Waals surface area contributed by atoms with Crippen molar-refractivity contribution in [3.63, 3.8) is 0 Å². The average molecular weight is 502 g/mol. The third-order valence-corrected chi connectivity index (χ3v) is 6.94. The Bertz CT molecular complexity index is 1180. The molecule has 2 N–H and O–H groups in total. The highest BCUT2D eigenvalue weighted by Crippen LogP contribution is 2.37. The number of aromatic nitrogens is 1. The molecule has 1 aromatic carbocycles. The molecular formula is C20H24ClN3O6S2. The van der Waals surface area contributed by atoms with Crippen molar-refractivity contribution < 1.29 is 27.1 Å². The maximum Gasteiger partial charge on any atom is 0.241 e. The van der Waals surface area contributed by atoms with Crippen molar-refractivity contribution in [3.8, 4) is 17.2 Å². The summed E-state index contributed by atoms with van der Waals surface area (Å²) in [6.45, 7) is 3.09. The van der Waals surface area contributed by atoms with E-state index in [0.29, 0.717) is 34.3 Å². The number of hydrogen-bond acceptors (Lipinski definition) is 8. The maximum atomic E-state index is 12.9. The second-order valence-electron chi connectivity index (χ2n) is 6.70. The Kier molecular flexibility index (Phi) is 8.49. The topological polar surface area (TPSA) is 120 Å². The van der Waals surface area contributed by atoms with Crippen LogP contribution >= 0.6 is 22.9 Å². The summed E-state index contributed by atoms with van der Waals surface area (Å²) in [5.74, 6) is 0.164. The number of nitrogens with zero attached hydrogens (tertiary/aromatic N) is 1. The van der Waals surface area contributed by atoms with Gasteiger partial charge in [0.25, 0.3) is 0 Å². The van der Waals surface area contributed by atoms with Gasteiger partial charge in [0, 0.05) is 23.9 Å². The van der Waals surface area contributed by atoms with Gasteiger partial charge < -0.3 is 19.2 Å². The van der Waals surface area contributed by atoms with E-state index in [1.165, 1.54) is 30.6 Å².